The lowest BCUT2D eigenvalue weighted by molar-refractivity contribution is 0.126. The van der Waals surface area contributed by atoms with Crippen molar-refractivity contribution in [2.75, 3.05) is 13.3 Å². The highest BCUT2D eigenvalue weighted by Crippen LogP contribution is 2.47. The molecule has 0 aliphatic rings. The SMILES string of the molecule is CCCOP(C)(=O)OC(C)(C)C#N. The zero-order valence-corrected chi connectivity index (χ0v) is 9.43. The molecule has 1 atom stereocenters. The van der Waals surface area contributed by atoms with Gasteiger partial charge in [-0.1, -0.05) is 6.92 Å². The number of hydrogen-bond donors (Lipinski definition) is 0. The first kappa shape index (κ1) is 12.6. The normalized spacial score (nSPS) is 16.2. The maximum Gasteiger partial charge on any atom is 0.329 e. The van der Waals surface area contributed by atoms with Crippen molar-refractivity contribution < 1.29 is 13.6 Å². The molecule has 13 heavy (non-hydrogen) atoms. The number of nitriles is 1. The van der Waals surface area contributed by atoms with Crippen molar-refractivity contribution in [2.24, 2.45) is 0 Å². The van der Waals surface area contributed by atoms with Crippen molar-refractivity contribution in [2.45, 2.75) is 32.8 Å². The van der Waals surface area contributed by atoms with E-state index >= 15 is 0 Å². The van der Waals surface area contributed by atoms with Crippen LogP contribution in [0, 0.1) is 11.3 Å². The van der Waals surface area contributed by atoms with Gasteiger partial charge in [-0.25, -0.2) is 0 Å². The standard InChI is InChI=1S/C8H16NO3P/c1-5-6-11-13(4,10)12-8(2,3)7-9/h5-6H2,1-4H3. The van der Waals surface area contributed by atoms with Gasteiger partial charge in [0.1, 0.15) is 0 Å². The molecule has 0 aliphatic carbocycles. The van der Waals surface area contributed by atoms with Crippen LogP contribution in [0.15, 0.2) is 0 Å². The second-order valence-electron chi connectivity index (χ2n) is 3.32. The maximum atomic E-state index is 11.6. The lowest BCUT2D eigenvalue weighted by atomic mass is 10.2. The second-order valence-corrected chi connectivity index (χ2v) is 5.30. The highest BCUT2D eigenvalue weighted by Gasteiger charge is 2.28. The summed E-state index contributed by atoms with van der Waals surface area (Å²) >= 11 is 0. The highest BCUT2D eigenvalue weighted by molar-refractivity contribution is 7.53. The quantitative estimate of drug-likeness (QED) is 0.647. The molecule has 76 valence electrons. The van der Waals surface area contributed by atoms with Gasteiger partial charge in [-0.15, -0.1) is 0 Å². The van der Waals surface area contributed by atoms with Crippen LogP contribution in [-0.2, 0) is 13.6 Å². The van der Waals surface area contributed by atoms with E-state index in [1.54, 1.807) is 13.8 Å². The Bertz CT molecular complexity index is 244. The first-order valence-electron chi connectivity index (χ1n) is 4.17. The number of nitrogens with zero attached hydrogens (tertiary/aromatic N) is 1. The average molecular weight is 205 g/mol. The lowest BCUT2D eigenvalue weighted by Gasteiger charge is -2.21. The molecule has 4 nitrogen and oxygen atoms in total. The summed E-state index contributed by atoms with van der Waals surface area (Å²) in [7, 11) is -3.07. The van der Waals surface area contributed by atoms with Crippen LogP contribution in [0.25, 0.3) is 0 Å². The van der Waals surface area contributed by atoms with Gasteiger partial charge < -0.3 is 4.52 Å². The van der Waals surface area contributed by atoms with E-state index in [1.165, 1.54) is 6.66 Å². The van der Waals surface area contributed by atoms with E-state index in [0.717, 1.165) is 6.42 Å². The molecule has 0 aromatic rings. The second kappa shape index (κ2) is 4.76. The van der Waals surface area contributed by atoms with Gasteiger partial charge in [-0.3, -0.25) is 9.09 Å². The molecule has 0 spiro atoms. The third-order valence-electron chi connectivity index (χ3n) is 1.19. The molecule has 0 heterocycles. The van der Waals surface area contributed by atoms with E-state index in [1.807, 2.05) is 13.0 Å². The minimum atomic E-state index is -3.07. The van der Waals surface area contributed by atoms with Crippen LogP contribution in [0.3, 0.4) is 0 Å². The van der Waals surface area contributed by atoms with Crippen molar-refractivity contribution in [1.82, 2.24) is 0 Å². The van der Waals surface area contributed by atoms with Crippen LogP contribution >= 0.6 is 7.60 Å². The van der Waals surface area contributed by atoms with E-state index in [9.17, 15) is 4.57 Å². The zero-order chi connectivity index (χ0) is 10.5. The Morgan fingerprint density at radius 2 is 2.08 bits per heavy atom. The van der Waals surface area contributed by atoms with Crippen molar-refractivity contribution in [3.8, 4) is 6.07 Å². The minimum Gasteiger partial charge on any atom is -0.309 e. The molecule has 0 amide bonds. The molecule has 0 aliphatic heterocycles. The molecular weight excluding hydrogens is 189 g/mol. The molecule has 0 bridgehead atoms. The van der Waals surface area contributed by atoms with Gasteiger partial charge in [0.2, 0.25) is 0 Å². The molecule has 0 saturated carbocycles. The van der Waals surface area contributed by atoms with Crippen molar-refractivity contribution in [3.63, 3.8) is 0 Å². The summed E-state index contributed by atoms with van der Waals surface area (Å²) in [6, 6.07) is 1.90. The summed E-state index contributed by atoms with van der Waals surface area (Å²) in [5.41, 5.74) is -1.06. The molecule has 5 heteroatoms. The smallest absolute Gasteiger partial charge is 0.309 e. The summed E-state index contributed by atoms with van der Waals surface area (Å²) in [5, 5.41) is 8.63. The highest BCUT2D eigenvalue weighted by atomic mass is 31.2. The molecule has 0 aromatic carbocycles. The Morgan fingerprint density at radius 1 is 1.54 bits per heavy atom. The summed E-state index contributed by atoms with van der Waals surface area (Å²) in [4.78, 5) is 0. The monoisotopic (exact) mass is 205 g/mol. The van der Waals surface area contributed by atoms with E-state index < -0.39 is 13.2 Å². The Labute approximate surface area is 79.4 Å². The van der Waals surface area contributed by atoms with E-state index in [2.05, 4.69) is 0 Å². The van der Waals surface area contributed by atoms with Gasteiger partial charge >= 0.3 is 7.60 Å². The van der Waals surface area contributed by atoms with Gasteiger partial charge in [-0.2, -0.15) is 5.26 Å². The van der Waals surface area contributed by atoms with E-state index in [0.29, 0.717) is 6.61 Å². The fraction of sp³-hybridized carbons (Fsp3) is 0.875. The molecule has 0 rings (SSSR count). The Hall–Kier alpha value is -0.360. The predicted molar refractivity (Wildman–Crippen MR) is 50.6 cm³/mol. The molecule has 0 fully saturated rings. The zero-order valence-electron chi connectivity index (χ0n) is 8.53. The van der Waals surface area contributed by atoms with E-state index in [-0.39, 0.29) is 0 Å². The fourth-order valence-corrected chi connectivity index (χ4v) is 2.16. The number of rotatable bonds is 5. The minimum absolute atomic E-state index is 0.384. The Kier molecular flexibility index (Phi) is 4.63. The van der Waals surface area contributed by atoms with Crippen LogP contribution in [0.1, 0.15) is 27.2 Å². The number of hydrogen-bond acceptors (Lipinski definition) is 4. The third kappa shape index (κ3) is 5.81. The summed E-state index contributed by atoms with van der Waals surface area (Å²) in [5.74, 6) is 0. The van der Waals surface area contributed by atoms with Crippen molar-refractivity contribution in [3.05, 3.63) is 0 Å². The maximum absolute atomic E-state index is 11.6. The largest absolute Gasteiger partial charge is 0.329 e. The molecule has 1 unspecified atom stereocenters. The van der Waals surface area contributed by atoms with Crippen molar-refractivity contribution >= 4 is 7.60 Å². The Morgan fingerprint density at radius 3 is 2.46 bits per heavy atom. The first-order valence-corrected chi connectivity index (χ1v) is 6.16. The van der Waals surface area contributed by atoms with Crippen LogP contribution in [-0.4, -0.2) is 18.9 Å². The molecule has 0 N–H and O–H groups in total. The first-order chi connectivity index (χ1) is 5.83. The topological polar surface area (TPSA) is 59.3 Å². The van der Waals surface area contributed by atoms with Crippen LogP contribution in [0.5, 0.6) is 0 Å². The van der Waals surface area contributed by atoms with Gasteiger partial charge in [0.25, 0.3) is 0 Å². The summed E-state index contributed by atoms with van der Waals surface area (Å²) in [6.45, 7) is 6.78. The van der Waals surface area contributed by atoms with Gasteiger partial charge in [-0.05, 0) is 20.3 Å². The average Bonchev–Trinajstić information content (AvgIpc) is 1.99. The molecular formula is C8H16NO3P. The third-order valence-corrected chi connectivity index (χ3v) is 2.63. The van der Waals surface area contributed by atoms with Crippen LogP contribution < -0.4 is 0 Å². The summed E-state index contributed by atoms with van der Waals surface area (Å²) in [6.07, 6.45) is 0.772. The fourth-order valence-electron chi connectivity index (χ4n) is 0.718. The molecule has 0 aromatic heterocycles. The predicted octanol–water partition coefficient (Wildman–Crippen LogP) is 2.55. The lowest BCUT2D eigenvalue weighted by Crippen LogP contribution is -2.20. The van der Waals surface area contributed by atoms with Gasteiger partial charge in [0, 0.05) is 6.66 Å². The molecule has 0 saturated heterocycles. The van der Waals surface area contributed by atoms with Crippen molar-refractivity contribution in [1.29, 1.82) is 5.26 Å². The Balaban J connectivity index is 4.19. The van der Waals surface area contributed by atoms with Gasteiger partial charge in [0.15, 0.2) is 5.60 Å². The van der Waals surface area contributed by atoms with Crippen LogP contribution in [0.2, 0.25) is 0 Å². The molecule has 0 radical (unpaired) electrons. The van der Waals surface area contributed by atoms with E-state index in [4.69, 9.17) is 14.3 Å². The van der Waals surface area contributed by atoms with Crippen LogP contribution in [0.4, 0.5) is 0 Å². The summed E-state index contributed by atoms with van der Waals surface area (Å²) < 4.78 is 21.6. The van der Waals surface area contributed by atoms with Gasteiger partial charge in [0.05, 0.1) is 12.7 Å².